The first-order chi connectivity index (χ1) is 7.58. The lowest BCUT2D eigenvalue weighted by molar-refractivity contribution is 1.12. The molecule has 8 heteroatoms. The van der Waals surface area contributed by atoms with Crippen LogP contribution < -0.4 is 5.56 Å². The third kappa shape index (κ3) is 5.06. The van der Waals surface area contributed by atoms with Crippen molar-refractivity contribution in [3.63, 3.8) is 0 Å². The van der Waals surface area contributed by atoms with Crippen LogP contribution in [0.15, 0.2) is 29.6 Å². The lowest BCUT2D eigenvalue weighted by atomic mass is 10.7. The summed E-state index contributed by atoms with van der Waals surface area (Å²) in [6.07, 6.45) is 2.56. The van der Waals surface area contributed by atoms with Crippen LogP contribution in [-0.4, -0.2) is 19.9 Å². The van der Waals surface area contributed by atoms with Gasteiger partial charge in [-0.25, -0.2) is 15.0 Å². The van der Waals surface area contributed by atoms with Crippen molar-refractivity contribution < 1.29 is 0 Å². The molecule has 2 rings (SSSR count). The van der Waals surface area contributed by atoms with Crippen LogP contribution in [0, 0.1) is 0 Å². The number of nitrogens with one attached hydrogen (secondary N) is 1. The molecule has 0 aliphatic carbocycles. The minimum atomic E-state index is -0.231. The van der Waals surface area contributed by atoms with Crippen molar-refractivity contribution in [3.05, 3.63) is 50.6 Å². The highest BCUT2D eigenvalue weighted by molar-refractivity contribution is 6.33. The number of aromatic nitrogens is 4. The average Bonchev–Trinajstić information content (AvgIpc) is 2.17. The molecule has 0 unspecified atom stereocenters. The predicted molar refractivity (Wildman–Crippen MR) is 61.9 cm³/mol. The van der Waals surface area contributed by atoms with E-state index in [1.54, 1.807) is 0 Å². The molecule has 0 aromatic carbocycles. The second-order valence-electron chi connectivity index (χ2n) is 2.40. The molecule has 5 nitrogen and oxygen atoms in total. The number of hydrogen-bond donors (Lipinski definition) is 1. The zero-order chi connectivity index (χ0) is 12.0. The number of nitrogens with zero attached hydrogens (tertiary/aromatic N) is 3. The molecule has 0 radical (unpaired) electrons. The van der Waals surface area contributed by atoms with Gasteiger partial charge in [0.15, 0.2) is 0 Å². The fourth-order valence-corrected chi connectivity index (χ4v) is 1.15. The molecule has 0 aliphatic heterocycles. The molecule has 0 amide bonds. The number of halogens is 3. The fraction of sp³-hybridized carbons (Fsp3) is 0. The summed E-state index contributed by atoms with van der Waals surface area (Å²) in [5.41, 5.74) is -0.231. The number of H-pyrrole nitrogens is 1. The predicted octanol–water partition coefficient (Wildman–Crippen LogP) is 2.21. The summed E-state index contributed by atoms with van der Waals surface area (Å²) in [5, 5.41) is 0.948. The van der Waals surface area contributed by atoms with E-state index >= 15 is 0 Å². The lowest BCUT2D eigenvalue weighted by Crippen LogP contribution is -2.02. The minimum absolute atomic E-state index is 0.216. The Morgan fingerprint density at radius 3 is 1.81 bits per heavy atom. The van der Waals surface area contributed by atoms with Crippen molar-refractivity contribution in [2.75, 3.05) is 0 Å². The van der Waals surface area contributed by atoms with E-state index in [-0.39, 0.29) is 10.7 Å². The van der Waals surface area contributed by atoms with Crippen LogP contribution in [0.3, 0.4) is 0 Å². The van der Waals surface area contributed by atoms with E-state index in [2.05, 4.69) is 19.9 Å². The largest absolute Gasteiger partial charge is 0.313 e. The summed E-state index contributed by atoms with van der Waals surface area (Å²) in [6.45, 7) is 0. The Bertz CT molecular complexity index is 499. The molecule has 0 saturated heterocycles. The maximum atomic E-state index is 10.3. The van der Waals surface area contributed by atoms with Gasteiger partial charge in [0.2, 0.25) is 0 Å². The van der Waals surface area contributed by atoms with Crippen LogP contribution in [0.5, 0.6) is 0 Å². The Labute approximate surface area is 105 Å². The van der Waals surface area contributed by atoms with Crippen molar-refractivity contribution in [2.24, 2.45) is 0 Å². The van der Waals surface area contributed by atoms with Gasteiger partial charge in [0.1, 0.15) is 21.8 Å². The molecule has 2 heterocycles. The Kier molecular flexibility index (Phi) is 5.18. The summed E-state index contributed by atoms with van der Waals surface area (Å²) in [7, 11) is 0. The van der Waals surface area contributed by atoms with E-state index in [0.29, 0.717) is 10.3 Å². The van der Waals surface area contributed by atoms with E-state index in [9.17, 15) is 4.79 Å². The second-order valence-corrected chi connectivity index (χ2v) is 3.56. The number of hydrogen-bond acceptors (Lipinski definition) is 4. The first-order valence-electron chi connectivity index (χ1n) is 3.91. The highest BCUT2D eigenvalue weighted by atomic mass is 35.5. The highest BCUT2D eigenvalue weighted by Gasteiger charge is 1.88. The quantitative estimate of drug-likeness (QED) is 0.751. The van der Waals surface area contributed by atoms with E-state index in [1.165, 1.54) is 24.8 Å². The second kappa shape index (κ2) is 6.42. The van der Waals surface area contributed by atoms with Crippen LogP contribution in [0.1, 0.15) is 0 Å². The van der Waals surface area contributed by atoms with Gasteiger partial charge in [-0.05, 0) is 0 Å². The summed E-state index contributed by atoms with van der Waals surface area (Å²) in [6, 6.07) is 2.69. The fourth-order valence-electron chi connectivity index (χ4n) is 0.657. The molecule has 84 valence electrons. The molecule has 0 spiro atoms. The van der Waals surface area contributed by atoms with Crippen LogP contribution in [0.2, 0.25) is 15.5 Å². The van der Waals surface area contributed by atoms with Gasteiger partial charge < -0.3 is 4.98 Å². The van der Waals surface area contributed by atoms with Crippen molar-refractivity contribution >= 4 is 34.8 Å². The minimum Gasteiger partial charge on any atom is -0.313 e. The van der Waals surface area contributed by atoms with E-state index in [1.807, 2.05) is 0 Å². The van der Waals surface area contributed by atoms with Crippen molar-refractivity contribution in [2.45, 2.75) is 0 Å². The Morgan fingerprint density at radius 1 is 0.938 bits per heavy atom. The molecule has 16 heavy (non-hydrogen) atoms. The zero-order valence-electron chi connectivity index (χ0n) is 7.69. The Balaban J connectivity index is 0.000000160. The SMILES string of the molecule is Clc1cc(Cl)ncn1.O=c1cc(Cl)nc[nH]1. The summed E-state index contributed by atoms with van der Waals surface area (Å²) in [5.74, 6) is 0. The molecule has 0 atom stereocenters. The van der Waals surface area contributed by atoms with Crippen LogP contribution >= 0.6 is 34.8 Å². The van der Waals surface area contributed by atoms with E-state index < -0.39 is 0 Å². The maximum absolute atomic E-state index is 10.3. The lowest BCUT2D eigenvalue weighted by Gasteiger charge is -1.85. The first kappa shape index (κ1) is 12.9. The topological polar surface area (TPSA) is 71.5 Å². The Morgan fingerprint density at radius 2 is 1.50 bits per heavy atom. The van der Waals surface area contributed by atoms with E-state index in [4.69, 9.17) is 34.8 Å². The smallest absolute Gasteiger partial charge is 0.252 e. The normalized spacial score (nSPS) is 9.19. The van der Waals surface area contributed by atoms with Crippen molar-refractivity contribution in [1.82, 2.24) is 19.9 Å². The first-order valence-corrected chi connectivity index (χ1v) is 5.04. The Hall–Kier alpha value is -1.17. The highest BCUT2D eigenvalue weighted by Crippen LogP contribution is 2.07. The van der Waals surface area contributed by atoms with Gasteiger partial charge in [0.25, 0.3) is 5.56 Å². The molecule has 0 saturated carbocycles. The van der Waals surface area contributed by atoms with Gasteiger partial charge in [-0.15, -0.1) is 0 Å². The van der Waals surface area contributed by atoms with Gasteiger partial charge in [-0.1, -0.05) is 34.8 Å². The number of aromatic amines is 1. The van der Waals surface area contributed by atoms with Gasteiger partial charge in [-0.2, -0.15) is 0 Å². The van der Waals surface area contributed by atoms with Crippen LogP contribution in [0.25, 0.3) is 0 Å². The molecule has 1 N–H and O–H groups in total. The summed E-state index contributed by atoms with van der Waals surface area (Å²) >= 11 is 16.1. The molecule has 2 aromatic heterocycles. The molecular formula is C8H5Cl3N4O. The van der Waals surface area contributed by atoms with Crippen LogP contribution in [0.4, 0.5) is 0 Å². The average molecular weight is 280 g/mol. The van der Waals surface area contributed by atoms with Crippen molar-refractivity contribution in [3.8, 4) is 0 Å². The maximum Gasteiger partial charge on any atom is 0.252 e. The standard InChI is InChI=1S/C4H2Cl2N2.C4H3ClN2O/c5-3-1-4(6)8-2-7-3;5-3-1-4(8)7-2-6-3/h1-2H;1-2H,(H,6,7,8). The third-order valence-corrected chi connectivity index (χ3v) is 1.87. The van der Waals surface area contributed by atoms with Gasteiger partial charge >= 0.3 is 0 Å². The van der Waals surface area contributed by atoms with Crippen LogP contribution in [-0.2, 0) is 0 Å². The summed E-state index contributed by atoms with van der Waals surface area (Å²) in [4.78, 5) is 23.4. The summed E-state index contributed by atoms with van der Waals surface area (Å²) < 4.78 is 0. The van der Waals surface area contributed by atoms with Crippen molar-refractivity contribution in [1.29, 1.82) is 0 Å². The van der Waals surface area contributed by atoms with Gasteiger partial charge in [0, 0.05) is 12.1 Å². The van der Waals surface area contributed by atoms with Gasteiger partial charge in [0.05, 0.1) is 6.33 Å². The molecule has 0 fully saturated rings. The third-order valence-electron chi connectivity index (χ3n) is 1.25. The number of rotatable bonds is 0. The molecule has 0 aliphatic rings. The van der Waals surface area contributed by atoms with E-state index in [0.717, 1.165) is 0 Å². The molecule has 2 aromatic rings. The zero-order valence-corrected chi connectivity index (χ0v) is 9.96. The molecular weight excluding hydrogens is 274 g/mol. The molecule has 0 bridgehead atoms. The monoisotopic (exact) mass is 278 g/mol. The van der Waals surface area contributed by atoms with Gasteiger partial charge in [-0.3, -0.25) is 4.79 Å².